The number of aliphatic imine (C=N–C) groups is 1. The molecule has 13 rings (SSSR count). The van der Waals surface area contributed by atoms with E-state index in [-0.39, 0.29) is 12.3 Å². The monoisotopic (exact) mass is 769 g/mol. The Labute approximate surface area is 344 Å². The molecule has 0 bridgehead atoms. The molecule has 5 heteroatoms. The minimum absolute atomic E-state index is 0.303. The Morgan fingerprint density at radius 1 is 0.383 bits per heavy atom. The van der Waals surface area contributed by atoms with E-state index in [0.717, 1.165) is 93.7 Å². The van der Waals surface area contributed by atoms with Gasteiger partial charge in [0.25, 0.3) is 0 Å². The van der Waals surface area contributed by atoms with Gasteiger partial charge >= 0.3 is 0 Å². The van der Waals surface area contributed by atoms with Gasteiger partial charge in [0.1, 0.15) is 40.5 Å². The third kappa shape index (κ3) is 4.93. The molecule has 2 atom stereocenters. The van der Waals surface area contributed by atoms with Gasteiger partial charge < -0.3 is 14.2 Å². The molecule has 282 valence electrons. The smallest absolute Gasteiger partial charge is 0.146 e. The van der Waals surface area contributed by atoms with Crippen LogP contribution in [0.5, 0.6) is 0 Å². The lowest BCUT2D eigenvalue weighted by atomic mass is 9.91. The zero-order chi connectivity index (χ0) is 39.3. The molecule has 0 fully saturated rings. The van der Waals surface area contributed by atoms with Crippen molar-refractivity contribution in [3.8, 4) is 11.1 Å². The zero-order valence-corrected chi connectivity index (χ0v) is 32.3. The van der Waals surface area contributed by atoms with E-state index < -0.39 is 0 Å². The number of rotatable bonds is 4. The predicted molar refractivity (Wildman–Crippen MR) is 248 cm³/mol. The van der Waals surface area contributed by atoms with E-state index in [0.29, 0.717) is 0 Å². The van der Waals surface area contributed by atoms with Gasteiger partial charge in [0.2, 0.25) is 0 Å². The normalized spacial score (nSPS) is 15.8. The number of benzene rings is 10. The van der Waals surface area contributed by atoms with Gasteiger partial charge in [-0.15, -0.1) is 0 Å². The van der Waals surface area contributed by atoms with Gasteiger partial charge in [-0.3, -0.25) is 5.32 Å². The van der Waals surface area contributed by atoms with Gasteiger partial charge in [-0.2, -0.15) is 0 Å². The average molecular weight is 770 g/mol. The molecule has 2 unspecified atom stereocenters. The lowest BCUT2D eigenvalue weighted by molar-refractivity contribution is 0.413. The van der Waals surface area contributed by atoms with Crippen LogP contribution >= 0.6 is 0 Å². The molecule has 12 aromatic rings. The minimum Gasteiger partial charge on any atom is -0.455 e. The maximum Gasteiger partial charge on any atom is 0.146 e. The number of nitrogens with one attached hydrogen (secondary N) is 2. The molecule has 0 radical (unpaired) electrons. The summed E-state index contributed by atoms with van der Waals surface area (Å²) >= 11 is 0. The van der Waals surface area contributed by atoms with Crippen LogP contribution in [0.25, 0.3) is 98.1 Å². The number of furan rings is 2. The van der Waals surface area contributed by atoms with E-state index in [1.165, 1.54) is 26.9 Å². The Kier molecular flexibility index (Phi) is 7.14. The van der Waals surface area contributed by atoms with Crippen LogP contribution in [0, 0.1) is 0 Å². The van der Waals surface area contributed by atoms with Gasteiger partial charge in [0.05, 0.1) is 5.56 Å². The third-order valence-electron chi connectivity index (χ3n) is 12.6. The van der Waals surface area contributed by atoms with Crippen molar-refractivity contribution in [2.75, 3.05) is 0 Å². The fourth-order valence-electron chi connectivity index (χ4n) is 9.84. The highest BCUT2D eigenvalue weighted by atomic mass is 16.3. The Bertz CT molecular complexity index is 3760. The van der Waals surface area contributed by atoms with E-state index in [1.54, 1.807) is 0 Å². The molecule has 60 heavy (non-hydrogen) atoms. The van der Waals surface area contributed by atoms with Crippen molar-refractivity contribution in [1.82, 2.24) is 10.6 Å². The second-order valence-corrected chi connectivity index (χ2v) is 15.8. The van der Waals surface area contributed by atoms with Gasteiger partial charge in [-0.1, -0.05) is 158 Å². The Hall–Kier alpha value is -7.73. The van der Waals surface area contributed by atoms with Crippen LogP contribution in [0.15, 0.2) is 202 Å². The van der Waals surface area contributed by atoms with E-state index in [4.69, 9.17) is 13.8 Å². The van der Waals surface area contributed by atoms with Crippen LogP contribution in [0.2, 0.25) is 0 Å². The molecule has 10 aromatic carbocycles. The quantitative estimate of drug-likeness (QED) is 0.175. The number of fused-ring (bicyclic) bond motifs is 12. The molecule has 2 N–H and O–H groups in total. The summed E-state index contributed by atoms with van der Waals surface area (Å²) in [6, 6.07) is 66.8. The first kappa shape index (κ1) is 33.3. The fourth-order valence-corrected chi connectivity index (χ4v) is 9.84. The van der Waals surface area contributed by atoms with Crippen LogP contribution in [-0.2, 0) is 0 Å². The molecular formula is C55H35N3O2. The van der Waals surface area contributed by atoms with Crippen LogP contribution in [0.1, 0.15) is 29.0 Å². The fraction of sp³-hybridized carbons (Fsp3) is 0.0364. The molecule has 2 aromatic heterocycles. The van der Waals surface area contributed by atoms with Crippen molar-refractivity contribution in [1.29, 1.82) is 0 Å². The lowest BCUT2D eigenvalue weighted by Crippen LogP contribution is -2.45. The van der Waals surface area contributed by atoms with E-state index in [2.05, 4.69) is 187 Å². The van der Waals surface area contributed by atoms with Gasteiger partial charge in [-0.25, -0.2) is 4.99 Å². The number of hydrogen-bond acceptors (Lipinski definition) is 5. The van der Waals surface area contributed by atoms with Crippen molar-refractivity contribution in [2.24, 2.45) is 4.99 Å². The summed E-state index contributed by atoms with van der Waals surface area (Å²) in [5.41, 5.74) is 8.97. The summed E-state index contributed by atoms with van der Waals surface area (Å²) in [5.74, 6) is 0.778. The van der Waals surface area contributed by atoms with Crippen molar-refractivity contribution < 1.29 is 8.83 Å². The SMILES string of the molecule is c1ccc2c(c1)cc(C1N=C(c3cccc4c3oc3ccccc34)NC(c3ccc(-c4cccc5oc6c7ccccc7ccc6c45)c4ccccc34)N1)c1ccccc12. The number of hydrogen-bond donors (Lipinski definition) is 2. The molecule has 0 saturated carbocycles. The topological polar surface area (TPSA) is 62.7 Å². The largest absolute Gasteiger partial charge is 0.455 e. The van der Waals surface area contributed by atoms with Gasteiger partial charge in [-0.05, 0) is 90.3 Å². The van der Waals surface area contributed by atoms with Crippen LogP contribution in [0.4, 0.5) is 0 Å². The van der Waals surface area contributed by atoms with Crippen molar-refractivity contribution in [3.63, 3.8) is 0 Å². The maximum absolute atomic E-state index is 6.63. The third-order valence-corrected chi connectivity index (χ3v) is 12.6. The summed E-state index contributed by atoms with van der Waals surface area (Å²) < 4.78 is 13.2. The molecule has 3 heterocycles. The lowest BCUT2D eigenvalue weighted by Gasteiger charge is -2.33. The highest BCUT2D eigenvalue weighted by Crippen LogP contribution is 2.43. The number of nitrogens with zero attached hydrogens (tertiary/aromatic N) is 1. The highest BCUT2D eigenvalue weighted by molar-refractivity contribution is 6.21. The molecule has 0 spiro atoms. The Morgan fingerprint density at radius 3 is 1.88 bits per heavy atom. The first-order chi connectivity index (χ1) is 29.7. The van der Waals surface area contributed by atoms with E-state index in [9.17, 15) is 0 Å². The maximum atomic E-state index is 6.63. The van der Waals surface area contributed by atoms with Crippen molar-refractivity contribution >= 4 is 92.8 Å². The summed E-state index contributed by atoms with van der Waals surface area (Å²) in [7, 11) is 0. The Morgan fingerprint density at radius 2 is 1.02 bits per heavy atom. The van der Waals surface area contributed by atoms with E-state index >= 15 is 0 Å². The molecule has 1 aliphatic heterocycles. The molecule has 0 aliphatic carbocycles. The molecule has 1 aliphatic rings. The van der Waals surface area contributed by atoms with Crippen molar-refractivity contribution in [2.45, 2.75) is 12.3 Å². The zero-order valence-electron chi connectivity index (χ0n) is 32.3. The van der Waals surface area contributed by atoms with Crippen LogP contribution < -0.4 is 10.6 Å². The summed E-state index contributed by atoms with van der Waals surface area (Å²) in [6.45, 7) is 0. The second-order valence-electron chi connectivity index (χ2n) is 15.8. The van der Waals surface area contributed by atoms with Crippen molar-refractivity contribution in [3.05, 3.63) is 205 Å². The number of para-hydroxylation sites is 2. The van der Waals surface area contributed by atoms with E-state index in [1.807, 2.05) is 12.1 Å². The number of amidine groups is 1. The molecule has 5 nitrogen and oxygen atoms in total. The Balaban J connectivity index is 1.01. The first-order valence-electron chi connectivity index (χ1n) is 20.5. The second kappa shape index (κ2) is 12.9. The standard InChI is InChI=1S/C55H35N3O2/c1-4-16-35-32(13-1)27-28-45-50-42(22-12-26-49(50)60-51(35)45)40-29-30-44(38-19-7-6-18-37(38)40)53-56-54(46-24-11-23-43-41-21-9-10-25-48(41)59-52(43)46)58-55(57-53)47-31-33-14-2-3-15-34(33)36-17-5-8-20-39(36)47/h1-31,53,55,57H,(H,56,58). The summed E-state index contributed by atoms with van der Waals surface area (Å²) in [6.07, 6.45) is -0.678. The molecule has 0 amide bonds. The van der Waals surface area contributed by atoms with Crippen LogP contribution in [-0.4, -0.2) is 5.84 Å². The predicted octanol–water partition coefficient (Wildman–Crippen LogP) is 14.1. The minimum atomic E-state index is -0.375. The molecular weight excluding hydrogens is 735 g/mol. The van der Waals surface area contributed by atoms with Gasteiger partial charge in [0.15, 0.2) is 0 Å². The van der Waals surface area contributed by atoms with Gasteiger partial charge in [0, 0.05) is 26.9 Å². The highest BCUT2D eigenvalue weighted by Gasteiger charge is 2.30. The first-order valence-corrected chi connectivity index (χ1v) is 20.5. The average Bonchev–Trinajstić information content (AvgIpc) is 3.90. The van der Waals surface area contributed by atoms with Crippen LogP contribution in [0.3, 0.4) is 0 Å². The summed E-state index contributed by atoms with van der Waals surface area (Å²) in [5, 5.41) is 21.7. The molecule has 0 saturated heterocycles. The summed E-state index contributed by atoms with van der Waals surface area (Å²) in [4.78, 5) is 5.52.